The van der Waals surface area contributed by atoms with E-state index in [-0.39, 0.29) is 17.0 Å². The predicted molar refractivity (Wildman–Crippen MR) is 66.7 cm³/mol. The molecular weight excluding hydrogens is 280 g/mol. The Morgan fingerprint density at radius 3 is 2.86 bits per heavy atom. The van der Waals surface area contributed by atoms with Gasteiger partial charge in [0.25, 0.3) is 0 Å². The molecule has 0 amide bonds. The van der Waals surface area contributed by atoms with E-state index in [4.69, 9.17) is 0 Å². The predicted octanol–water partition coefficient (Wildman–Crippen LogP) is 3.70. The lowest BCUT2D eigenvalue weighted by Crippen LogP contribution is -1.68. The van der Waals surface area contributed by atoms with Crippen molar-refractivity contribution in [3.05, 3.63) is 35.3 Å². The third-order valence-corrected chi connectivity index (χ3v) is 3.53. The lowest BCUT2D eigenvalue weighted by Gasteiger charge is -1.84. The molecule has 0 saturated carbocycles. The van der Waals surface area contributed by atoms with Crippen LogP contribution in [0.3, 0.4) is 0 Å². The smallest absolute Gasteiger partial charge is 0.194 e. The summed E-state index contributed by atoms with van der Waals surface area (Å²) in [6.45, 7) is 0. The Morgan fingerprint density at radius 2 is 2.14 bits per heavy atom. The number of rotatable bonds is 1. The summed E-state index contributed by atoms with van der Waals surface area (Å²) >= 11 is 3.39. The van der Waals surface area contributed by atoms with E-state index < -0.39 is 0 Å². The first kappa shape index (κ1) is 9.89. The number of thiazole rings is 1. The minimum atomic E-state index is 0. The van der Waals surface area contributed by atoms with E-state index in [2.05, 4.69) is 27.0 Å². The maximum Gasteiger partial charge on any atom is 0.194 e. The lowest BCUT2D eigenvalue weighted by molar-refractivity contribution is 1.23. The molecule has 14 heavy (non-hydrogen) atoms. The maximum atomic E-state index is 4.51. The fourth-order valence-electron chi connectivity index (χ4n) is 1.27. The van der Waals surface area contributed by atoms with Gasteiger partial charge in [-0.25, -0.2) is 4.98 Å². The highest BCUT2D eigenvalue weighted by Crippen LogP contribution is 2.25. The van der Waals surface area contributed by atoms with Gasteiger partial charge in [-0.2, -0.15) is 0 Å². The number of aromatic nitrogens is 2. The Kier molecular flexibility index (Phi) is 2.71. The molecule has 0 atom stereocenters. The van der Waals surface area contributed by atoms with Gasteiger partial charge in [0.1, 0.15) is 5.69 Å². The van der Waals surface area contributed by atoms with Crippen molar-refractivity contribution in [2.24, 2.45) is 0 Å². The quantitative estimate of drug-likeness (QED) is 0.667. The fourth-order valence-corrected chi connectivity index (χ4v) is 2.65. The Bertz CT molecular complexity index is 495. The van der Waals surface area contributed by atoms with Crippen LogP contribution in [0, 0.1) is 0 Å². The molecule has 5 heteroatoms. The molecular formula is C9H7BrN2S2. The van der Waals surface area contributed by atoms with Gasteiger partial charge in [0, 0.05) is 17.8 Å². The number of imidazole rings is 1. The molecule has 0 spiro atoms. The maximum absolute atomic E-state index is 4.51. The summed E-state index contributed by atoms with van der Waals surface area (Å²) < 4.78 is 2.06. The van der Waals surface area contributed by atoms with Crippen LogP contribution < -0.4 is 0 Å². The second-order valence-corrected chi connectivity index (χ2v) is 4.52. The zero-order valence-corrected chi connectivity index (χ0v) is 10.4. The molecule has 0 aromatic carbocycles. The van der Waals surface area contributed by atoms with Crippen molar-refractivity contribution in [3.63, 3.8) is 0 Å². The number of thiophene rings is 1. The van der Waals surface area contributed by atoms with Gasteiger partial charge in [-0.05, 0) is 11.4 Å². The van der Waals surface area contributed by atoms with E-state index in [1.54, 1.807) is 22.7 Å². The van der Waals surface area contributed by atoms with Gasteiger partial charge in [-0.15, -0.1) is 39.7 Å². The van der Waals surface area contributed by atoms with E-state index in [1.165, 1.54) is 4.88 Å². The molecule has 0 aliphatic heterocycles. The third-order valence-electron chi connectivity index (χ3n) is 1.87. The molecule has 0 radical (unpaired) electrons. The van der Waals surface area contributed by atoms with Crippen LogP contribution in [-0.4, -0.2) is 9.38 Å². The fraction of sp³-hybridized carbons (Fsp3) is 0. The van der Waals surface area contributed by atoms with Crippen molar-refractivity contribution < 1.29 is 0 Å². The van der Waals surface area contributed by atoms with Crippen LogP contribution in [0.1, 0.15) is 0 Å². The molecule has 3 aromatic rings. The Hall–Kier alpha value is -0.650. The van der Waals surface area contributed by atoms with Gasteiger partial charge >= 0.3 is 0 Å². The standard InChI is InChI=1S/C9H6N2S2.BrH/c1-2-8(12-4-1)7-6-11-3-5-13-9(11)10-7;/h1-6H;1H. The SMILES string of the molecule is Br.c1csc(-c2cn3ccsc3n2)c1. The summed E-state index contributed by atoms with van der Waals surface area (Å²) in [6.07, 6.45) is 4.10. The highest BCUT2D eigenvalue weighted by molar-refractivity contribution is 8.93. The molecule has 0 aliphatic rings. The molecule has 0 N–H and O–H groups in total. The number of fused-ring (bicyclic) bond motifs is 1. The van der Waals surface area contributed by atoms with E-state index in [0.29, 0.717) is 0 Å². The van der Waals surface area contributed by atoms with Crippen LogP contribution in [0.15, 0.2) is 35.3 Å². The van der Waals surface area contributed by atoms with Gasteiger partial charge in [0.15, 0.2) is 4.96 Å². The van der Waals surface area contributed by atoms with E-state index in [1.807, 2.05) is 17.6 Å². The van der Waals surface area contributed by atoms with Crippen LogP contribution in [0.5, 0.6) is 0 Å². The normalized spacial score (nSPS) is 10.3. The van der Waals surface area contributed by atoms with Crippen molar-refractivity contribution in [3.8, 4) is 10.6 Å². The molecule has 3 aromatic heterocycles. The highest BCUT2D eigenvalue weighted by atomic mass is 79.9. The summed E-state index contributed by atoms with van der Waals surface area (Å²) in [4.78, 5) is 6.80. The van der Waals surface area contributed by atoms with Gasteiger partial charge in [-0.3, -0.25) is 4.40 Å². The molecule has 0 aliphatic carbocycles. The lowest BCUT2D eigenvalue weighted by atomic mass is 10.4. The first-order valence-electron chi connectivity index (χ1n) is 3.89. The molecule has 2 nitrogen and oxygen atoms in total. The van der Waals surface area contributed by atoms with Crippen LogP contribution in [0.25, 0.3) is 15.5 Å². The van der Waals surface area contributed by atoms with Crippen molar-refractivity contribution in [1.82, 2.24) is 9.38 Å². The van der Waals surface area contributed by atoms with Gasteiger partial charge in [0.2, 0.25) is 0 Å². The number of hydrogen-bond acceptors (Lipinski definition) is 3. The summed E-state index contributed by atoms with van der Waals surface area (Å²) in [6, 6.07) is 4.14. The van der Waals surface area contributed by atoms with Crippen molar-refractivity contribution in [2.75, 3.05) is 0 Å². The summed E-state index contributed by atoms with van der Waals surface area (Å²) in [5.41, 5.74) is 1.07. The number of halogens is 1. The van der Waals surface area contributed by atoms with Crippen molar-refractivity contribution in [1.29, 1.82) is 0 Å². The van der Waals surface area contributed by atoms with Crippen molar-refractivity contribution in [2.45, 2.75) is 0 Å². The topological polar surface area (TPSA) is 17.3 Å². The van der Waals surface area contributed by atoms with Gasteiger partial charge < -0.3 is 0 Å². The van der Waals surface area contributed by atoms with E-state index in [0.717, 1.165) is 10.7 Å². The average Bonchev–Trinajstić information content (AvgIpc) is 2.78. The van der Waals surface area contributed by atoms with Gasteiger partial charge in [-0.1, -0.05) is 6.07 Å². The summed E-state index contributed by atoms with van der Waals surface area (Å²) in [5, 5.41) is 4.11. The number of hydrogen-bond donors (Lipinski definition) is 0. The average molecular weight is 287 g/mol. The van der Waals surface area contributed by atoms with Crippen LogP contribution in [-0.2, 0) is 0 Å². The molecule has 0 bridgehead atoms. The zero-order valence-electron chi connectivity index (χ0n) is 7.08. The van der Waals surface area contributed by atoms with E-state index >= 15 is 0 Å². The Morgan fingerprint density at radius 1 is 1.21 bits per heavy atom. The third kappa shape index (κ3) is 1.51. The Labute approximate surface area is 99.6 Å². The molecule has 0 fully saturated rings. The highest BCUT2D eigenvalue weighted by Gasteiger charge is 2.04. The first-order valence-corrected chi connectivity index (χ1v) is 5.65. The molecule has 0 unspecified atom stereocenters. The monoisotopic (exact) mass is 286 g/mol. The van der Waals surface area contributed by atoms with Gasteiger partial charge in [0.05, 0.1) is 4.88 Å². The second kappa shape index (κ2) is 3.84. The first-order chi connectivity index (χ1) is 6.43. The van der Waals surface area contributed by atoms with Crippen LogP contribution in [0.4, 0.5) is 0 Å². The largest absolute Gasteiger partial charge is 0.297 e. The van der Waals surface area contributed by atoms with Crippen molar-refractivity contribution >= 4 is 44.6 Å². The van der Waals surface area contributed by atoms with E-state index in [9.17, 15) is 0 Å². The van der Waals surface area contributed by atoms with Crippen LogP contribution >= 0.6 is 39.7 Å². The number of nitrogens with zero attached hydrogens (tertiary/aromatic N) is 2. The Balaban J connectivity index is 0.000000750. The zero-order chi connectivity index (χ0) is 8.67. The minimum absolute atomic E-state index is 0. The molecule has 0 saturated heterocycles. The molecule has 72 valence electrons. The molecule has 3 heterocycles. The summed E-state index contributed by atoms with van der Waals surface area (Å²) in [5.74, 6) is 0. The summed E-state index contributed by atoms with van der Waals surface area (Å²) in [7, 11) is 0. The van der Waals surface area contributed by atoms with Crippen LogP contribution in [0.2, 0.25) is 0 Å². The minimum Gasteiger partial charge on any atom is -0.297 e. The second-order valence-electron chi connectivity index (χ2n) is 2.70. The molecule has 3 rings (SSSR count).